The second-order valence-corrected chi connectivity index (χ2v) is 6.65. The predicted molar refractivity (Wildman–Crippen MR) is 84.5 cm³/mol. The summed E-state index contributed by atoms with van der Waals surface area (Å²) in [5, 5.41) is 2.81. The van der Waals surface area contributed by atoms with Gasteiger partial charge in [0.25, 0.3) is 0 Å². The predicted octanol–water partition coefficient (Wildman–Crippen LogP) is 4.19. The fourth-order valence-electron chi connectivity index (χ4n) is 1.89. The van der Waals surface area contributed by atoms with Crippen molar-refractivity contribution in [3.05, 3.63) is 29.8 Å². The second-order valence-electron chi connectivity index (χ2n) is 4.60. The van der Waals surface area contributed by atoms with Crippen molar-refractivity contribution in [2.24, 2.45) is 0 Å². The first-order valence-electron chi connectivity index (χ1n) is 7.30. The molecule has 0 aromatic heterocycles. The van der Waals surface area contributed by atoms with Gasteiger partial charge in [0.2, 0.25) is 5.91 Å². The number of nitrogens with one attached hydrogen (secondary N) is 1. The number of hydrogen-bond acceptors (Lipinski definition) is 4. The first-order valence-corrected chi connectivity index (χ1v) is 9.02. The molecule has 0 saturated carbocycles. The van der Waals surface area contributed by atoms with Gasteiger partial charge in [0.1, 0.15) is 0 Å². The second kappa shape index (κ2) is 8.98. The first kappa shape index (κ1) is 17.9. The SMILES string of the molecule is CCCC(=O)Nc1ccc(CP(=O)(OCC)OCC)cc1. The van der Waals surface area contributed by atoms with E-state index in [4.69, 9.17) is 9.05 Å². The first-order chi connectivity index (χ1) is 10.0. The van der Waals surface area contributed by atoms with Gasteiger partial charge in [-0.3, -0.25) is 9.36 Å². The van der Waals surface area contributed by atoms with Gasteiger partial charge in [-0.2, -0.15) is 0 Å². The van der Waals surface area contributed by atoms with Crippen LogP contribution < -0.4 is 5.32 Å². The van der Waals surface area contributed by atoms with Crippen LogP contribution >= 0.6 is 7.60 Å². The maximum absolute atomic E-state index is 12.4. The highest BCUT2D eigenvalue weighted by Gasteiger charge is 2.23. The van der Waals surface area contributed by atoms with E-state index < -0.39 is 7.60 Å². The van der Waals surface area contributed by atoms with E-state index in [1.807, 2.05) is 19.1 Å². The number of rotatable bonds is 9. The van der Waals surface area contributed by atoms with Crippen LogP contribution in [0.3, 0.4) is 0 Å². The summed E-state index contributed by atoms with van der Waals surface area (Å²) in [6.07, 6.45) is 1.55. The summed E-state index contributed by atoms with van der Waals surface area (Å²) in [7, 11) is -3.08. The van der Waals surface area contributed by atoms with E-state index in [-0.39, 0.29) is 12.1 Å². The van der Waals surface area contributed by atoms with Crippen LogP contribution in [0.2, 0.25) is 0 Å². The summed E-state index contributed by atoms with van der Waals surface area (Å²) in [5.74, 6) is -0.000413. The third-order valence-electron chi connectivity index (χ3n) is 2.74. The van der Waals surface area contributed by atoms with Crippen LogP contribution in [0, 0.1) is 0 Å². The zero-order chi connectivity index (χ0) is 15.7. The van der Waals surface area contributed by atoms with Crippen LogP contribution in [0.5, 0.6) is 0 Å². The molecule has 0 spiro atoms. The van der Waals surface area contributed by atoms with Gasteiger partial charge in [-0.25, -0.2) is 0 Å². The van der Waals surface area contributed by atoms with Crippen LogP contribution in [-0.4, -0.2) is 19.1 Å². The van der Waals surface area contributed by atoms with E-state index in [1.165, 1.54) is 0 Å². The topological polar surface area (TPSA) is 64.6 Å². The third-order valence-corrected chi connectivity index (χ3v) is 4.80. The molecule has 0 bridgehead atoms. The van der Waals surface area contributed by atoms with Crippen LogP contribution in [0.4, 0.5) is 5.69 Å². The van der Waals surface area contributed by atoms with Gasteiger partial charge in [0, 0.05) is 12.1 Å². The van der Waals surface area contributed by atoms with Crippen molar-refractivity contribution in [3.8, 4) is 0 Å². The number of anilines is 1. The molecular weight excluding hydrogens is 289 g/mol. The molecule has 0 aliphatic carbocycles. The smallest absolute Gasteiger partial charge is 0.326 e. The maximum atomic E-state index is 12.4. The van der Waals surface area contributed by atoms with E-state index in [1.54, 1.807) is 26.0 Å². The summed E-state index contributed by atoms with van der Waals surface area (Å²) in [4.78, 5) is 11.5. The molecule has 1 aromatic rings. The Morgan fingerprint density at radius 1 is 1.10 bits per heavy atom. The van der Waals surface area contributed by atoms with Gasteiger partial charge in [-0.05, 0) is 38.0 Å². The molecular formula is C15H24NO4P. The average Bonchev–Trinajstić information content (AvgIpc) is 2.41. The molecule has 0 fully saturated rings. The fraction of sp³-hybridized carbons (Fsp3) is 0.533. The lowest BCUT2D eigenvalue weighted by molar-refractivity contribution is -0.116. The Hall–Kier alpha value is -1.16. The molecule has 1 rings (SSSR count). The Balaban J connectivity index is 2.68. The molecule has 5 nitrogen and oxygen atoms in total. The van der Waals surface area contributed by atoms with Crippen LogP contribution in [-0.2, 0) is 24.6 Å². The van der Waals surface area contributed by atoms with E-state index in [2.05, 4.69) is 5.32 Å². The number of carbonyl (C=O) groups is 1. The van der Waals surface area contributed by atoms with Crippen molar-refractivity contribution >= 4 is 19.2 Å². The van der Waals surface area contributed by atoms with Gasteiger partial charge in [0.05, 0.1) is 19.4 Å². The monoisotopic (exact) mass is 313 g/mol. The molecule has 0 aliphatic rings. The fourth-order valence-corrected chi connectivity index (χ4v) is 3.59. The van der Waals surface area contributed by atoms with Gasteiger partial charge >= 0.3 is 7.60 Å². The third kappa shape index (κ3) is 6.42. The summed E-state index contributed by atoms with van der Waals surface area (Å²) in [6, 6.07) is 7.24. The Labute approximate surface area is 126 Å². The summed E-state index contributed by atoms with van der Waals surface area (Å²) in [5.41, 5.74) is 1.59. The maximum Gasteiger partial charge on any atom is 0.335 e. The number of carbonyl (C=O) groups excluding carboxylic acids is 1. The molecule has 6 heteroatoms. The molecule has 0 unspecified atom stereocenters. The Bertz CT molecular complexity index is 477. The van der Waals surface area contributed by atoms with Gasteiger partial charge in [0.15, 0.2) is 0 Å². The number of benzene rings is 1. The van der Waals surface area contributed by atoms with Crippen LogP contribution in [0.15, 0.2) is 24.3 Å². The van der Waals surface area contributed by atoms with Crippen molar-refractivity contribution < 1.29 is 18.4 Å². The van der Waals surface area contributed by atoms with E-state index in [0.717, 1.165) is 17.7 Å². The van der Waals surface area contributed by atoms with Crippen LogP contribution in [0.1, 0.15) is 39.2 Å². The lowest BCUT2D eigenvalue weighted by Crippen LogP contribution is -2.10. The minimum atomic E-state index is -3.08. The zero-order valence-electron chi connectivity index (χ0n) is 12.9. The van der Waals surface area contributed by atoms with Crippen molar-refractivity contribution in [1.82, 2.24) is 0 Å². The van der Waals surface area contributed by atoms with Crippen molar-refractivity contribution in [1.29, 1.82) is 0 Å². The number of amides is 1. The zero-order valence-corrected chi connectivity index (χ0v) is 13.8. The Morgan fingerprint density at radius 2 is 1.67 bits per heavy atom. The van der Waals surface area contributed by atoms with Gasteiger partial charge in [-0.1, -0.05) is 19.1 Å². The highest BCUT2D eigenvalue weighted by molar-refractivity contribution is 7.53. The standard InChI is InChI=1S/C15H24NO4P/c1-4-7-15(17)16-14-10-8-13(9-11-14)12-21(18,19-5-2)20-6-3/h8-11H,4-7,12H2,1-3H3,(H,16,17). The summed E-state index contributed by atoms with van der Waals surface area (Å²) < 4.78 is 22.9. The minimum absolute atomic E-state index is 0.000413. The molecule has 0 saturated heterocycles. The van der Waals surface area contributed by atoms with Crippen LogP contribution in [0.25, 0.3) is 0 Å². The molecule has 0 radical (unpaired) electrons. The number of hydrogen-bond donors (Lipinski definition) is 1. The highest BCUT2D eigenvalue weighted by Crippen LogP contribution is 2.51. The van der Waals surface area contributed by atoms with Crippen molar-refractivity contribution in [3.63, 3.8) is 0 Å². The summed E-state index contributed by atoms with van der Waals surface area (Å²) >= 11 is 0. The highest BCUT2D eigenvalue weighted by atomic mass is 31.2. The molecule has 0 heterocycles. The summed E-state index contributed by atoms with van der Waals surface area (Å²) in [6.45, 7) is 6.24. The molecule has 0 atom stereocenters. The Kier molecular flexibility index (Phi) is 7.65. The van der Waals surface area contributed by atoms with Gasteiger partial charge < -0.3 is 14.4 Å². The van der Waals surface area contributed by atoms with E-state index >= 15 is 0 Å². The molecule has 0 aliphatic heterocycles. The largest absolute Gasteiger partial charge is 0.335 e. The molecule has 118 valence electrons. The van der Waals surface area contributed by atoms with Crippen molar-refractivity contribution in [2.75, 3.05) is 18.5 Å². The lowest BCUT2D eigenvalue weighted by atomic mass is 10.2. The van der Waals surface area contributed by atoms with Crippen molar-refractivity contribution in [2.45, 2.75) is 39.8 Å². The molecule has 1 amide bonds. The molecule has 21 heavy (non-hydrogen) atoms. The average molecular weight is 313 g/mol. The minimum Gasteiger partial charge on any atom is -0.326 e. The van der Waals surface area contributed by atoms with E-state index in [9.17, 15) is 9.36 Å². The van der Waals surface area contributed by atoms with Gasteiger partial charge in [-0.15, -0.1) is 0 Å². The quantitative estimate of drug-likeness (QED) is 0.694. The molecule has 1 N–H and O–H groups in total. The Morgan fingerprint density at radius 3 is 2.14 bits per heavy atom. The lowest BCUT2D eigenvalue weighted by Gasteiger charge is -2.17. The normalized spacial score (nSPS) is 11.4. The van der Waals surface area contributed by atoms with E-state index in [0.29, 0.717) is 19.6 Å². The molecule has 1 aromatic carbocycles.